The molecule has 0 fully saturated rings. The quantitative estimate of drug-likeness (QED) is 0.899. The molecule has 1 heterocycles. The van der Waals surface area contributed by atoms with E-state index in [-0.39, 0.29) is 5.91 Å². The molecular weight excluding hydrogens is 226 g/mol. The zero-order valence-electron chi connectivity index (χ0n) is 10.9. The van der Waals surface area contributed by atoms with Crippen molar-refractivity contribution in [1.29, 1.82) is 0 Å². The third-order valence-corrected chi connectivity index (χ3v) is 2.82. The Bertz CT molecular complexity index is 593. The lowest BCUT2D eigenvalue weighted by atomic mass is 10.1. The summed E-state index contributed by atoms with van der Waals surface area (Å²) < 4.78 is 0. The molecule has 0 bridgehead atoms. The molecule has 4 heteroatoms. The van der Waals surface area contributed by atoms with Crippen LogP contribution in [-0.4, -0.2) is 22.4 Å². The molecule has 1 amide bonds. The summed E-state index contributed by atoms with van der Waals surface area (Å²) in [5.41, 5.74) is 2.51. The minimum atomic E-state index is -0.0614. The lowest BCUT2D eigenvalue weighted by molar-refractivity contribution is 0.0956. The van der Waals surface area contributed by atoms with Gasteiger partial charge in [-0.1, -0.05) is 13.0 Å². The van der Waals surface area contributed by atoms with Gasteiger partial charge in [0.25, 0.3) is 5.91 Å². The molecule has 4 nitrogen and oxygen atoms in total. The van der Waals surface area contributed by atoms with Crippen LogP contribution in [0.3, 0.4) is 0 Å². The van der Waals surface area contributed by atoms with Gasteiger partial charge in [0.05, 0.1) is 11.2 Å². The first-order chi connectivity index (χ1) is 8.65. The van der Waals surface area contributed by atoms with Gasteiger partial charge in [0.2, 0.25) is 0 Å². The minimum absolute atomic E-state index is 0.0614. The van der Waals surface area contributed by atoms with Crippen molar-refractivity contribution < 1.29 is 4.79 Å². The first kappa shape index (κ1) is 12.5. The molecule has 0 saturated heterocycles. The molecule has 0 saturated carbocycles. The maximum atomic E-state index is 11.8. The Hall–Kier alpha value is -1.97. The summed E-state index contributed by atoms with van der Waals surface area (Å²) in [6, 6.07) is 5.58. The van der Waals surface area contributed by atoms with Gasteiger partial charge in [0, 0.05) is 17.5 Å². The van der Waals surface area contributed by atoms with E-state index in [1.165, 1.54) is 0 Å². The third kappa shape index (κ3) is 2.32. The van der Waals surface area contributed by atoms with Crippen LogP contribution in [0.1, 0.15) is 35.7 Å². The van der Waals surface area contributed by atoms with E-state index in [4.69, 9.17) is 0 Å². The van der Waals surface area contributed by atoms with E-state index >= 15 is 0 Å². The molecule has 2 aromatic rings. The Balaban J connectivity index is 2.54. The molecule has 0 aliphatic rings. The highest BCUT2D eigenvalue weighted by atomic mass is 16.1. The second kappa shape index (κ2) is 5.12. The summed E-state index contributed by atoms with van der Waals surface area (Å²) in [5.74, 6) is 0.682. The molecule has 0 aliphatic heterocycles. The van der Waals surface area contributed by atoms with Gasteiger partial charge in [-0.05, 0) is 32.4 Å². The monoisotopic (exact) mass is 243 g/mol. The molecule has 0 unspecified atom stereocenters. The molecule has 1 aromatic carbocycles. The topological polar surface area (TPSA) is 54.9 Å². The highest BCUT2D eigenvalue weighted by Crippen LogP contribution is 2.18. The first-order valence-electron chi connectivity index (χ1n) is 6.21. The van der Waals surface area contributed by atoms with Crippen molar-refractivity contribution in [2.24, 2.45) is 0 Å². The Kier molecular flexibility index (Phi) is 3.55. The SMILES string of the molecule is CCNC(=O)c1ccc2c(CC)nc(C)nc2c1. The summed E-state index contributed by atoms with van der Waals surface area (Å²) in [6.45, 7) is 6.47. The molecule has 0 radical (unpaired) electrons. The maximum Gasteiger partial charge on any atom is 0.251 e. The minimum Gasteiger partial charge on any atom is -0.352 e. The number of hydrogen-bond donors (Lipinski definition) is 1. The summed E-state index contributed by atoms with van der Waals surface area (Å²) >= 11 is 0. The average Bonchev–Trinajstić information content (AvgIpc) is 2.37. The Morgan fingerprint density at radius 1 is 1.28 bits per heavy atom. The van der Waals surface area contributed by atoms with E-state index in [1.54, 1.807) is 0 Å². The fraction of sp³-hybridized carbons (Fsp3) is 0.357. The van der Waals surface area contributed by atoms with Gasteiger partial charge in [-0.25, -0.2) is 9.97 Å². The van der Waals surface area contributed by atoms with Crippen molar-refractivity contribution in [1.82, 2.24) is 15.3 Å². The van der Waals surface area contributed by atoms with E-state index in [2.05, 4.69) is 22.2 Å². The summed E-state index contributed by atoms with van der Waals surface area (Å²) in [4.78, 5) is 20.6. The van der Waals surface area contributed by atoms with E-state index in [0.29, 0.717) is 12.1 Å². The number of benzene rings is 1. The van der Waals surface area contributed by atoms with Crippen molar-refractivity contribution in [3.63, 3.8) is 0 Å². The summed E-state index contributed by atoms with van der Waals surface area (Å²) in [6.07, 6.45) is 0.861. The van der Waals surface area contributed by atoms with Crippen molar-refractivity contribution in [2.75, 3.05) is 6.54 Å². The van der Waals surface area contributed by atoms with Crippen LogP contribution in [0, 0.1) is 6.92 Å². The largest absolute Gasteiger partial charge is 0.352 e. The van der Waals surface area contributed by atoms with Gasteiger partial charge >= 0.3 is 0 Å². The number of aryl methyl sites for hydroxylation is 2. The summed E-state index contributed by atoms with van der Waals surface area (Å²) in [5, 5.41) is 3.81. The number of carbonyl (C=O) groups excluding carboxylic acids is 1. The van der Waals surface area contributed by atoms with Gasteiger partial charge in [-0.3, -0.25) is 4.79 Å². The lowest BCUT2D eigenvalue weighted by Gasteiger charge is -2.07. The fourth-order valence-electron chi connectivity index (χ4n) is 2.00. The molecule has 2 rings (SSSR count). The normalized spacial score (nSPS) is 10.6. The predicted molar refractivity (Wildman–Crippen MR) is 71.7 cm³/mol. The van der Waals surface area contributed by atoms with Crippen LogP contribution in [0.15, 0.2) is 18.2 Å². The van der Waals surface area contributed by atoms with Gasteiger partial charge in [-0.2, -0.15) is 0 Å². The van der Waals surface area contributed by atoms with E-state index in [9.17, 15) is 4.79 Å². The van der Waals surface area contributed by atoms with Crippen LogP contribution >= 0.6 is 0 Å². The number of hydrogen-bond acceptors (Lipinski definition) is 3. The average molecular weight is 243 g/mol. The van der Waals surface area contributed by atoms with E-state index < -0.39 is 0 Å². The second-order valence-corrected chi connectivity index (χ2v) is 4.16. The molecule has 18 heavy (non-hydrogen) atoms. The number of amides is 1. The van der Waals surface area contributed by atoms with Crippen molar-refractivity contribution in [3.05, 3.63) is 35.3 Å². The van der Waals surface area contributed by atoms with Crippen LogP contribution in [0.5, 0.6) is 0 Å². The van der Waals surface area contributed by atoms with Crippen molar-refractivity contribution >= 4 is 16.8 Å². The number of nitrogens with zero attached hydrogens (tertiary/aromatic N) is 2. The highest BCUT2D eigenvalue weighted by Gasteiger charge is 2.09. The third-order valence-electron chi connectivity index (χ3n) is 2.82. The number of aromatic nitrogens is 2. The molecule has 0 spiro atoms. The molecule has 0 aliphatic carbocycles. The number of rotatable bonds is 3. The highest BCUT2D eigenvalue weighted by molar-refractivity contribution is 5.98. The Morgan fingerprint density at radius 3 is 2.72 bits per heavy atom. The predicted octanol–water partition coefficient (Wildman–Crippen LogP) is 2.25. The van der Waals surface area contributed by atoms with Crippen molar-refractivity contribution in [3.8, 4) is 0 Å². The standard InChI is InChI=1S/C14H17N3O/c1-4-12-11-7-6-10(14(18)15-5-2)8-13(11)17-9(3)16-12/h6-8H,4-5H2,1-3H3,(H,15,18). The molecule has 94 valence electrons. The Morgan fingerprint density at radius 2 is 2.06 bits per heavy atom. The molecule has 1 aromatic heterocycles. The zero-order valence-corrected chi connectivity index (χ0v) is 10.9. The van der Waals surface area contributed by atoms with Crippen LogP contribution in [0.2, 0.25) is 0 Å². The van der Waals surface area contributed by atoms with E-state index in [0.717, 1.165) is 28.8 Å². The maximum absolute atomic E-state index is 11.8. The van der Waals surface area contributed by atoms with Crippen LogP contribution in [0.25, 0.3) is 10.9 Å². The van der Waals surface area contributed by atoms with Gasteiger partial charge < -0.3 is 5.32 Å². The number of nitrogens with one attached hydrogen (secondary N) is 1. The van der Waals surface area contributed by atoms with Gasteiger partial charge in [0.1, 0.15) is 5.82 Å². The van der Waals surface area contributed by atoms with Crippen LogP contribution in [0.4, 0.5) is 0 Å². The van der Waals surface area contributed by atoms with Crippen molar-refractivity contribution in [2.45, 2.75) is 27.2 Å². The van der Waals surface area contributed by atoms with Crippen LogP contribution < -0.4 is 5.32 Å². The van der Waals surface area contributed by atoms with Gasteiger partial charge in [-0.15, -0.1) is 0 Å². The number of carbonyl (C=O) groups is 1. The number of fused-ring (bicyclic) bond motifs is 1. The van der Waals surface area contributed by atoms with Gasteiger partial charge in [0.15, 0.2) is 0 Å². The van der Waals surface area contributed by atoms with Crippen LogP contribution in [-0.2, 0) is 6.42 Å². The smallest absolute Gasteiger partial charge is 0.251 e. The first-order valence-corrected chi connectivity index (χ1v) is 6.21. The molecule has 0 atom stereocenters. The van der Waals surface area contributed by atoms with E-state index in [1.807, 2.05) is 32.0 Å². The zero-order chi connectivity index (χ0) is 13.1. The molecule has 1 N–H and O–H groups in total. The fourth-order valence-corrected chi connectivity index (χ4v) is 2.00. The lowest BCUT2D eigenvalue weighted by Crippen LogP contribution is -2.22. The molecular formula is C14H17N3O. The second-order valence-electron chi connectivity index (χ2n) is 4.16. The Labute approximate surface area is 106 Å². The summed E-state index contributed by atoms with van der Waals surface area (Å²) in [7, 11) is 0.